The molecule has 2 amide bonds. The van der Waals surface area contributed by atoms with E-state index in [2.05, 4.69) is 34.0 Å². The van der Waals surface area contributed by atoms with Crippen LogP contribution in [0.4, 0.5) is 5.69 Å². The van der Waals surface area contributed by atoms with Gasteiger partial charge in [-0.1, -0.05) is 30.8 Å². The smallest absolute Gasteiger partial charge is 0.253 e. The van der Waals surface area contributed by atoms with E-state index in [0.29, 0.717) is 11.3 Å². The van der Waals surface area contributed by atoms with Crippen LogP contribution in [0.3, 0.4) is 0 Å². The molecule has 34 heavy (non-hydrogen) atoms. The zero-order valence-electron chi connectivity index (χ0n) is 18.7. The minimum absolute atomic E-state index is 0.0926. The molecule has 0 radical (unpaired) electrons. The van der Waals surface area contributed by atoms with Crippen LogP contribution in [0.1, 0.15) is 23.2 Å². The molecular weight excluding hydrogens is 424 g/mol. The van der Waals surface area contributed by atoms with Crippen LogP contribution in [0.25, 0.3) is 33.2 Å². The number of nitrogens with zero attached hydrogens (tertiary/aromatic N) is 3. The third-order valence-corrected chi connectivity index (χ3v) is 6.09. The third kappa shape index (κ3) is 4.30. The van der Waals surface area contributed by atoms with Crippen molar-refractivity contribution in [2.75, 3.05) is 18.4 Å². The Hall–Kier alpha value is -4.32. The summed E-state index contributed by atoms with van der Waals surface area (Å²) in [5.41, 5.74) is 6.07. The first kappa shape index (κ1) is 21.5. The highest BCUT2D eigenvalue weighted by Gasteiger charge is 2.19. The molecule has 3 aromatic carbocycles. The molecule has 0 spiro atoms. The predicted octanol–water partition coefficient (Wildman–Crippen LogP) is 5.32. The second-order valence-electron chi connectivity index (χ2n) is 8.34. The molecule has 1 aliphatic rings. The fraction of sp³-hybridized carbons (Fsp3) is 0.143. The number of rotatable bonds is 5. The second kappa shape index (κ2) is 9.27. The Morgan fingerprint density at radius 1 is 0.941 bits per heavy atom. The third-order valence-electron chi connectivity index (χ3n) is 6.09. The van der Waals surface area contributed by atoms with Crippen molar-refractivity contribution in [1.29, 1.82) is 0 Å². The normalized spacial score (nSPS) is 13.1. The van der Waals surface area contributed by atoms with Crippen LogP contribution < -0.4 is 5.32 Å². The molecule has 4 aromatic rings. The van der Waals surface area contributed by atoms with Gasteiger partial charge in [-0.05, 0) is 72.0 Å². The van der Waals surface area contributed by atoms with E-state index in [1.165, 1.54) is 12.4 Å². The SMILES string of the molecule is C=CC(=O)Nc1cccc(-c2cc(-c3ccc(C(=O)N4CCCC4)cc3)cc3cncnc23)c1. The summed E-state index contributed by atoms with van der Waals surface area (Å²) in [5.74, 6) is -0.170. The number of likely N-dealkylation sites (tertiary alicyclic amines) is 1. The molecule has 6 heteroatoms. The summed E-state index contributed by atoms with van der Waals surface area (Å²) < 4.78 is 0. The number of aromatic nitrogens is 2. The van der Waals surface area contributed by atoms with Gasteiger partial charge in [-0.3, -0.25) is 9.59 Å². The van der Waals surface area contributed by atoms with Crippen LogP contribution in [0.5, 0.6) is 0 Å². The Kier molecular flexibility index (Phi) is 5.87. The Bertz CT molecular complexity index is 1390. The van der Waals surface area contributed by atoms with Crippen LogP contribution in [-0.2, 0) is 4.79 Å². The summed E-state index contributed by atoms with van der Waals surface area (Å²) in [6.45, 7) is 5.18. The maximum Gasteiger partial charge on any atom is 0.253 e. The van der Waals surface area contributed by atoms with Crippen molar-refractivity contribution in [3.8, 4) is 22.3 Å². The fourth-order valence-corrected chi connectivity index (χ4v) is 4.36. The molecule has 0 unspecified atom stereocenters. The summed E-state index contributed by atoms with van der Waals surface area (Å²) in [7, 11) is 0. The van der Waals surface area contributed by atoms with Crippen molar-refractivity contribution in [3.05, 3.63) is 91.4 Å². The molecule has 0 saturated carbocycles. The summed E-state index contributed by atoms with van der Waals surface area (Å²) in [4.78, 5) is 35.1. The molecule has 1 aromatic heterocycles. The summed E-state index contributed by atoms with van der Waals surface area (Å²) >= 11 is 0. The van der Waals surface area contributed by atoms with Crippen molar-refractivity contribution < 1.29 is 9.59 Å². The van der Waals surface area contributed by atoms with Crippen LogP contribution in [0.2, 0.25) is 0 Å². The Labute approximate surface area is 198 Å². The van der Waals surface area contributed by atoms with Crippen molar-refractivity contribution in [2.45, 2.75) is 12.8 Å². The molecule has 0 atom stereocenters. The van der Waals surface area contributed by atoms with E-state index < -0.39 is 0 Å². The molecule has 2 heterocycles. The number of carbonyl (C=O) groups is 2. The Morgan fingerprint density at radius 2 is 1.74 bits per heavy atom. The lowest BCUT2D eigenvalue weighted by Crippen LogP contribution is -2.27. The first-order chi connectivity index (χ1) is 16.6. The molecule has 1 fully saturated rings. The quantitative estimate of drug-likeness (QED) is 0.419. The molecule has 1 saturated heterocycles. The topological polar surface area (TPSA) is 75.2 Å². The number of hydrogen-bond donors (Lipinski definition) is 1. The van der Waals surface area contributed by atoms with Gasteiger partial charge in [0.05, 0.1) is 5.52 Å². The number of anilines is 1. The van der Waals surface area contributed by atoms with Crippen LogP contribution in [0, 0.1) is 0 Å². The number of amides is 2. The zero-order chi connectivity index (χ0) is 23.5. The van der Waals surface area contributed by atoms with E-state index in [1.807, 2.05) is 53.4 Å². The number of benzene rings is 3. The average Bonchev–Trinajstić information content (AvgIpc) is 3.43. The van der Waals surface area contributed by atoms with Crippen molar-refractivity contribution in [2.24, 2.45) is 0 Å². The van der Waals surface area contributed by atoms with E-state index in [-0.39, 0.29) is 11.8 Å². The van der Waals surface area contributed by atoms with E-state index in [4.69, 9.17) is 0 Å². The monoisotopic (exact) mass is 448 g/mol. The summed E-state index contributed by atoms with van der Waals surface area (Å²) in [5, 5.41) is 3.72. The minimum Gasteiger partial charge on any atom is -0.339 e. The average molecular weight is 449 g/mol. The lowest BCUT2D eigenvalue weighted by Gasteiger charge is -2.15. The van der Waals surface area contributed by atoms with Crippen molar-refractivity contribution in [1.82, 2.24) is 14.9 Å². The first-order valence-corrected chi connectivity index (χ1v) is 11.3. The molecule has 0 bridgehead atoms. The van der Waals surface area contributed by atoms with Gasteiger partial charge in [0.1, 0.15) is 6.33 Å². The number of fused-ring (bicyclic) bond motifs is 1. The van der Waals surface area contributed by atoms with Gasteiger partial charge >= 0.3 is 0 Å². The van der Waals surface area contributed by atoms with Gasteiger partial charge in [0.25, 0.3) is 5.91 Å². The van der Waals surface area contributed by atoms with Gasteiger partial charge in [-0.25, -0.2) is 9.97 Å². The van der Waals surface area contributed by atoms with E-state index in [0.717, 1.165) is 59.1 Å². The summed E-state index contributed by atoms with van der Waals surface area (Å²) in [6.07, 6.45) is 6.72. The molecule has 0 aliphatic carbocycles. The second-order valence-corrected chi connectivity index (χ2v) is 8.34. The van der Waals surface area contributed by atoms with Gasteiger partial charge in [-0.15, -0.1) is 0 Å². The van der Waals surface area contributed by atoms with Crippen LogP contribution in [-0.4, -0.2) is 39.8 Å². The zero-order valence-corrected chi connectivity index (χ0v) is 18.7. The highest BCUT2D eigenvalue weighted by Crippen LogP contribution is 2.34. The highest BCUT2D eigenvalue weighted by molar-refractivity contribution is 6.01. The maximum absolute atomic E-state index is 12.7. The highest BCUT2D eigenvalue weighted by atomic mass is 16.2. The van der Waals surface area contributed by atoms with E-state index in [9.17, 15) is 9.59 Å². The predicted molar refractivity (Wildman–Crippen MR) is 134 cm³/mol. The molecule has 1 N–H and O–H groups in total. The molecule has 168 valence electrons. The van der Waals surface area contributed by atoms with E-state index >= 15 is 0 Å². The molecule has 1 aliphatic heterocycles. The molecule has 5 rings (SSSR count). The van der Waals surface area contributed by atoms with Gasteiger partial charge in [0.15, 0.2) is 0 Å². The van der Waals surface area contributed by atoms with Gasteiger partial charge in [-0.2, -0.15) is 0 Å². The van der Waals surface area contributed by atoms with Crippen LogP contribution in [0.15, 0.2) is 85.8 Å². The van der Waals surface area contributed by atoms with Gasteiger partial charge in [0, 0.05) is 41.5 Å². The minimum atomic E-state index is -0.262. The Morgan fingerprint density at radius 3 is 2.50 bits per heavy atom. The molecule has 6 nitrogen and oxygen atoms in total. The van der Waals surface area contributed by atoms with E-state index in [1.54, 1.807) is 6.20 Å². The molecular formula is C28H24N4O2. The van der Waals surface area contributed by atoms with Gasteiger partial charge < -0.3 is 10.2 Å². The number of hydrogen-bond acceptors (Lipinski definition) is 4. The summed E-state index contributed by atoms with van der Waals surface area (Å²) in [6, 6.07) is 19.5. The fourth-order valence-electron chi connectivity index (χ4n) is 4.36. The lowest BCUT2D eigenvalue weighted by molar-refractivity contribution is -0.111. The van der Waals surface area contributed by atoms with Crippen molar-refractivity contribution >= 4 is 28.4 Å². The largest absolute Gasteiger partial charge is 0.339 e. The van der Waals surface area contributed by atoms with Gasteiger partial charge in [0.2, 0.25) is 5.91 Å². The lowest BCUT2D eigenvalue weighted by atomic mass is 9.95. The Balaban J connectivity index is 1.54. The first-order valence-electron chi connectivity index (χ1n) is 11.3. The number of nitrogens with one attached hydrogen (secondary N) is 1. The maximum atomic E-state index is 12.7. The standard InChI is InChI=1S/C28H24N4O2/c1-2-26(33)31-24-7-5-6-21(15-24)25-16-22(14-23-17-29-18-30-27(23)25)19-8-10-20(11-9-19)28(34)32-12-3-4-13-32/h2,5-11,14-18H,1,3-4,12-13H2,(H,31,33). The van der Waals surface area contributed by atoms with Crippen molar-refractivity contribution in [3.63, 3.8) is 0 Å². The van der Waals surface area contributed by atoms with Crippen LogP contribution >= 0.6 is 0 Å². The number of carbonyl (C=O) groups excluding carboxylic acids is 2.